The maximum atomic E-state index is 10.9. The molecular weight excluding hydrogens is 204 g/mol. The minimum atomic E-state index is -0.782. The van der Waals surface area contributed by atoms with Crippen molar-refractivity contribution in [1.82, 2.24) is 5.32 Å². The van der Waals surface area contributed by atoms with Crippen molar-refractivity contribution in [2.75, 3.05) is 6.54 Å². The van der Waals surface area contributed by atoms with E-state index >= 15 is 0 Å². The van der Waals surface area contributed by atoms with E-state index in [4.69, 9.17) is 5.11 Å². The lowest BCUT2D eigenvalue weighted by atomic mass is 9.94. The van der Waals surface area contributed by atoms with Gasteiger partial charge in [0.05, 0.1) is 11.4 Å². The molecule has 4 nitrogen and oxygen atoms in total. The number of para-hydroxylation sites is 1. The Hall–Kier alpha value is -1.68. The van der Waals surface area contributed by atoms with Crippen LogP contribution in [0.5, 0.6) is 0 Å². The number of carbonyl (C=O) groups is 1. The van der Waals surface area contributed by atoms with Gasteiger partial charge in [0.1, 0.15) is 6.04 Å². The van der Waals surface area contributed by atoms with Gasteiger partial charge in [-0.1, -0.05) is 18.2 Å². The molecule has 2 atom stereocenters. The van der Waals surface area contributed by atoms with Gasteiger partial charge in [0, 0.05) is 11.8 Å². The van der Waals surface area contributed by atoms with Crippen LogP contribution in [-0.2, 0) is 4.79 Å². The van der Waals surface area contributed by atoms with Gasteiger partial charge in [0.15, 0.2) is 0 Å². The second-order valence-electron chi connectivity index (χ2n) is 4.19. The molecule has 0 radical (unpaired) electrons. The minimum absolute atomic E-state index is 0.132. The normalized spacial score (nSPS) is 26.9. The third kappa shape index (κ3) is 1.34. The average Bonchev–Trinajstić information content (AvgIpc) is 2.66. The lowest BCUT2D eigenvalue weighted by Crippen LogP contribution is -2.46. The van der Waals surface area contributed by atoms with Crippen molar-refractivity contribution in [2.45, 2.75) is 18.5 Å². The maximum Gasteiger partial charge on any atom is 0.321 e. The number of nitrogens with one attached hydrogen (secondary N) is 1. The van der Waals surface area contributed by atoms with Crippen LogP contribution >= 0.6 is 0 Å². The Kier molecular flexibility index (Phi) is 2.04. The first-order valence-electron chi connectivity index (χ1n) is 5.38. The zero-order valence-corrected chi connectivity index (χ0v) is 8.68. The van der Waals surface area contributed by atoms with Crippen molar-refractivity contribution in [3.63, 3.8) is 0 Å². The Morgan fingerprint density at radius 3 is 3.06 bits per heavy atom. The maximum absolute atomic E-state index is 10.9. The van der Waals surface area contributed by atoms with E-state index in [1.165, 1.54) is 5.57 Å². The summed E-state index contributed by atoms with van der Waals surface area (Å²) < 4.78 is 0. The van der Waals surface area contributed by atoms with Gasteiger partial charge in [-0.05, 0) is 18.1 Å². The molecule has 0 spiro atoms. The summed E-state index contributed by atoms with van der Waals surface area (Å²) in [5, 5.41) is 14.1. The molecule has 1 fully saturated rings. The fraction of sp³-hybridized carbons (Fsp3) is 0.333. The van der Waals surface area contributed by atoms with E-state index in [0.717, 1.165) is 10.6 Å². The molecule has 0 amide bonds. The third-order valence-electron chi connectivity index (χ3n) is 3.23. The summed E-state index contributed by atoms with van der Waals surface area (Å²) in [6.07, 6.45) is 0.556. The van der Waals surface area contributed by atoms with E-state index in [1.807, 2.05) is 24.3 Å². The molecule has 0 aliphatic carbocycles. The first kappa shape index (κ1) is 9.54. The smallest absolute Gasteiger partial charge is 0.321 e. The van der Waals surface area contributed by atoms with E-state index < -0.39 is 12.0 Å². The van der Waals surface area contributed by atoms with Gasteiger partial charge in [0.25, 0.3) is 0 Å². The molecule has 82 valence electrons. The molecule has 1 aromatic rings. The number of nitrogens with zero attached hydrogens (tertiary/aromatic N) is 1. The van der Waals surface area contributed by atoms with E-state index in [9.17, 15) is 4.79 Å². The monoisotopic (exact) mass is 216 g/mol. The highest BCUT2D eigenvalue weighted by molar-refractivity contribution is 5.77. The van der Waals surface area contributed by atoms with Gasteiger partial charge in [-0.25, -0.2) is 0 Å². The van der Waals surface area contributed by atoms with E-state index in [1.54, 1.807) is 0 Å². The number of aliphatic carboxylic acids is 1. The molecule has 16 heavy (non-hydrogen) atoms. The first-order valence-corrected chi connectivity index (χ1v) is 5.38. The summed E-state index contributed by atoms with van der Waals surface area (Å²) in [6.45, 7) is 0.626. The lowest BCUT2D eigenvalue weighted by Gasteiger charge is -2.25. The molecule has 1 aromatic carbocycles. The van der Waals surface area contributed by atoms with E-state index in [0.29, 0.717) is 13.0 Å². The number of carboxylic acid groups (broad SMARTS) is 1. The molecular formula is C12H12N2O2. The molecule has 0 saturated carbocycles. The summed E-state index contributed by atoms with van der Waals surface area (Å²) >= 11 is 0. The summed E-state index contributed by atoms with van der Waals surface area (Å²) in [5.74, 6) is -0.782. The number of hydrogen-bond acceptors (Lipinski definition) is 3. The zero-order valence-electron chi connectivity index (χ0n) is 8.68. The number of hydrogen-bond donors (Lipinski definition) is 2. The fourth-order valence-corrected chi connectivity index (χ4v) is 2.42. The van der Waals surface area contributed by atoms with Crippen molar-refractivity contribution in [2.24, 2.45) is 4.99 Å². The van der Waals surface area contributed by atoms with E-state index in [-0.39, 0.29) is 6.04 Å². The molecule has 0 aromatic heterocycles. The Morgan fingerprint density at radius 1 is 1.44 bits per heavy atom. The lowest BCUT2D eigenvalue weighted by molar-refractivity contribution is -0.139. The van der Waals surface area contributed by atoms with Crippen LogP contribution in [0.3, 0.4) is 0 Å². The SMILES string of the molecule is O=C(O)[C@H]1CC2=c3ccccc3=N[C@@H]2CN1. The number of benzene rings is 1. The average molecular weight is 216 g/mol. The molecule has 2 heterocycles. The number of piperidine rings is 1. The molecule has 4 heteroatoms. The van der Waals surface area contributed by atoms with Crippen LogP contribution in [0.25, 0.3) is 5.57 Å². The van der Waals surface area contributed by atoms with Crippen LogP contribution in [0.15, 0.2) is 29.3 Å². The van der Waals surface area contributed by atoms with Gasteiger partial charge in [-0.2, -0.15) is 0 Å². The van der Waals surface area contributed by atoms with Crippen molar-refractivity contribution in [3.8, 4) is 0 Å². The second-order valence-corrected chi connectivity index (χ2v) is 4.19. The zero-order chi connectivity index (χ0) is 11.1. The van der Waals surface area contributed by atoms with Crippen LogP contribution < -0.4 is 15.9 Å². The minimum Gasteiger partial charge on any atom is -0.480 e. The highest BCUT2D eigenvalue weighted by atomic mass is 16.4. The number of fused-ring (bicyclic) bond motifs is 2. The Balaban J connectivity index is 2.09. The predicted molar refractivity (Wildman–Crippen MR) is 58.5 cm³/mol. The summed E-state index contributed by atoms with van der Waals surface area (Å²) in [7, 11) is 0. The van der Waals surface area contributed by atoms with Crippen molar-refractivity contribution < 1.29 is 9.90 Å². The fourth-order valence-electron chi connectivity index (χ4n) is 2.42. The molecule has 0 unspecified atom stereocenters. The second kappa shape index (κ2) is 3.42. The van der Waals surface area contributed by atoms with Crippen LogP contribution in [-0.4, -0.2) is 29.7 Å². The molecule has 0 bridgehead atoms. The largest absolute Gasteiger partial charge is 0.480 e. The van der Waals surface area contributed by atoms with Gasteiger partial charge < -0.3 is 10.4 Å². The van der Waals surface area contributed by atoms with Crippen LogP contribution in [0.1, 0.15) is 6.42 Å². The third-order valence-corrected chi connectivity index (χ3v) is 3.23. The van der Waals surface area contributed by atoms with Crippen molar-refractivity contribution >= 4 is 11.5 Å². The highest BCUT2D eigenvalue weighted by Gasteiger charge is 2.31. The first-order chi connectivity index (χ1) is 7.75. The molecule has 2 aliphatic heterocycles. The van der Waals surface area contributed by atoms with Gasteiger partial charge in [-0.15, -0.1) is 0 Å². The molecule has 2 N–H and O–H groups in total. The van der Waals surface area contributed by atoms with Crippen LogP contribution in [0.2, 0.25) is 0 Å². The summed E-state index contributed by atoms with van der Waals surface area (Å²) in [5.41, 5.74) is 1.17. The van der Waals surface area contributed by atoms with Gasteiger partial charge in [0.2, 0.25) is 0 Å². The van der Waals surface area contributed by atoms with Crippen LogP contribution in [0, 0.1) is 0 Å². The highest BCUT2D eigenvalue weighted by Crippen LogP contribution is 2.19. The molecule has 3 rings (SSSR count). The Bertz CT molecular complexity index is 565. The molecule has 2 aliphatic rings. The van der Waals surface area contributed by atoms with Gasteiger partial charge in [-0.3, -0.25) is 9.79 Å². The topological polar surface area (TPSA) is 61.7 Å². The standard InChI is InChI=1S/C12H12N2O2/c15-12(16)10-5-8-7-3-1-2-4-9(7)14-11(8)6-13-10/h1-4,10-11,13H,5-6H2,(H,15,16)/t10-,11-/m1/s1. The number of rotatable bonds is 1. The van der Waals surface area contributed by atoms with E-state index in [2.05, 4.69) is 10.3 Å². The predicted octanol–water partition coefficient (Wildman–Crippen LogP) is -0.714. The Morgan fingerprint density at radius 2 is 2.25 bits per heavy atom. The van der Waals surface area contributed by atoms with Crippen molar-refractivity contribution in [3.05, 3.63) is 34.8 Å². The van der Waals surface area contributed by atoms with Crippen LogP contribution in [0.4, 0.5) is 0 Å². The Labute approximate surface area is 92.3 Å². The quantitative estimate of drug-likeness (QED) is 0.651. The van der Waals surface area contributed by atoms with Gasteiger partial charge >= 0.3 is 5.97 Å². The van der Waals surface area contributed by atoms with Crippen molar-refractivity contribution in [1.29, 1.82) is 0 Å². The molecule has 1 saturated heterocycles. The number of carboxylic acids is 1. The summed E-state index contributed by atoms with van der Waals surface area (Å²) in [6, 6.07) is 7.61. The summed E-state index contributed by atoms with van der Waals surface area (Å²) in [4.78, 5) is 15.5.